The number of nitrogens with one attached hydrogen (secondary N) is 1. The molecule has 4 nitrogen and oxygen atoms in total. The molecule has 0 amide bonds. The number of nitrogens with zero attached hydrogens (tertiary/aromatic N) is 2. The van der Waals surface area contributed by atoms with Gasteiger partial charge in [0.1, 0.15) is 10.7 Å². The first-order valence-electron chi connectivity index (χ1n) is 6.53. The monoisotopic (exact) mass is 266 g/mol. The van der Waals surface area contributed by atoms with Gasteiger partial charge in [0.15, 0.2) is 5.82 Å². The third-order valence-electron chi connectivity index (χ3n) is 3.03. The molecule has 1 atom stereocenters. The lowest BCUT2D eigenvalue weighted by molar-refractivity contribution is 0.472. The van der Waals surface area contributed by atoms with Gasteiger partial charge in [0.2, 0.25) is 0 Å². The highest BCUT2D eigenvalue weighted by Gasteiger charge is 2.10. The maximum absolute atomic E-state index is 5.62. The van der Waals surface area contributed by atoms with E-state index in [0.717, 1.165) is 13.0 Å². The minimum Gasteiger partial charge on any atom is -0.388 e. The van der Waals surface area contributed by atoms with Gasteiger partial charge in [0, 0.05) is 18.9 Å². The van der Waals surface area contributed by atoms with E-state index in [1.807, 2.05) is 0 Å². The van der Waals surface area contributed by atoms with Crippen LogP contribution in [-0.4, -0.2) is 21.5 Å². The summed E-state index contributed by atoms with van der Waals surface area (Å²) in [4.78, 5) is 8.68. The summed E-state index contributed by atoms with van der Waals surface area (Å²) in [5.74, 6) is 1.35. The van der Waals surface area contributed by atoms with Gasteiger partial charge in [-0.25, -0.2) is 9.97 Å². The Labute approximate surface area is 114 Å². The molecule has 1 rings (SSSR count). The molecule has 0 aliphatic rings. The molecule has 3 N–H and O–H groups in total. The third-order valence-corrected chi connectivity index (χ3v) is 3.23. The number of aromatic nitrogens is 2. The SMILES string of the molecule is CCCCC(CC)CNc1nccnc1C(N)=S. The van der Waals surface area contributed by atoms with Gasteiger partial charge in [-0.2, -0.15) is 0 Å². The van der Waals surface area contributed by atoms with Gasteiger partial charge >= 0.3 is 0 Å². The molecule has 0 fully saturated rings. The van der Waals surface area contributed by atoms with E-state index in [0.29, 0.717) is 17.4 Å². The number of rotatable bonds is 8. The molecule has 1 aromatic rings. The minimum absolute atomic E-state index is 0.284. The third kappa shape index (κ3) is 4.56. The minimum atomic E-state index is 0.284. The standard InChI is InChI=1S/C13H22N4S/c1-3-5-6-10(4-2)9-17-13-11(12(14)18)15-7-8-16-13/h7-8,10H,3-6,9H2,1-2H3,(H2,14,18)(H,16,17). The molecule has 0 aromatic carbocycles. The summed E-state index contributed by atoms with van der Waals surface area (Å²) in [5.41, 5.74) is 6.20. The molecule has 0 spiro atoms. The van der Waals surface area contributed by atoms with Crippen molar-refractivity contribution in [3.8, 4) is 0 Å². The predicted molar refractivity (Wildman–Crippen MR) is 79.7 cm³/mol. The maximum atomic E-state index is 5.62. The fraction of sp³-hybridized carbons (Fsp3) is 0.615. The van der Waals surface area contributed by atoms with E-state index >= 15 is 0 Å². The summed E-state index contributed by atoms with van der Waals surface area (Å²) >= 11 is 4.96. The van der Waals surface area contributed by atoms with E-state index in [1.165, 1.54) is 19.3 Å². The number of thiocarbonyl (C=S) groups is 1. The molecule has 18 heavy (non-hydrogen) atoms. The van der Waals surface area contributed by atoms with E-state index in [1.54, 1.807) is 12.4 Å². The molecule has 1 unspecified atom stereocenters. The average Bonchev–Trinajstić information content (AvgIpc) is 2.39. The second kappa shape index (κ2) is 7.97. The van der Waals surface area contributed by atoms with Crippen LogP contribution in [0.4, 0.5) is 5.82 Å². The highest BCUT2D eigenvalue weighted by Crippen LogP contribution is 2.15. The largest absolute Gasteiger partial charge is 0.388 e. The predicted octanol–water partition coefficient (Wildman–Crippen LogP) is 2.74. The molecule has 0 radical (unpaired) electrons. The van der Waals surface area contributed by atoms with Crippen molar-refractivity contribution in [2.24, 2.45) is 11.7 Å². The molecule has 1 aromatic heterocycles. The van der Waals surface area contributed by atoms with Crippen molar-refractivity contribution in [2.75, 3.05) is 11.9 Å². The number of nitrogens with two attached hydrogens (primary N) is 1. The summed E-state index contributed by atoms with van der Waals surface area (Å²) in [6.07, 6.45) is 8.16. The molecular formula is C13H22N4S. The van der Waals surface area contributed by atoms with Crippen LogP contribution in [0.1, 0.15) is 45.2 Å². The fourth-order valence-corrected chi connectivity index (χ4v) is 1.98. The Hall–Kier alpha value is -1.23. The molecule has 100 valence electrons. The molecule has 0 bridgehead atoms. The molecule has 1 heterocycles. The summed E-state index contributed by atoms with van der Waals surface area (Å²) in [6, 6.07) is 0. The van der Waals surface area contributed by atoms with Crippen LogP contribution in [0, 0.1) is 5.92 Å². The zero-order chi connectivity index (χ0) is 13.4. The second-order valence-corrected chi connectivity index (χ2v) is 4.86. The topological polar surface area (TPSA) is 63.8 Å². The van der Waals surface area contributed by atoms with Crippen molar-refractivity contribution in [3.63, 3.8) is 0 Å². The first kappa shape index (κ1) is 14.8. The first-order valence-corrected chi connectivity index (χ1v) is 6.94. The Kier molecular flexibility index (Phi) is 6.57. The summed E-state index contributed by atoms with van der Waals surface area (Å²) in [5, 5.41) is 3.31. The van der Waals surface area contributed by atoms with E-state index in [4.69, 9.17) is 18.0 Å². The number of hydrogen-bond donors (Lipinski definition) is 2. The van der Waals surface area contributed by atoms with Crippen molar-refractivity contribution in [1.29, 1.82) is 0 Å². The zero-order valence-electron chi connectivity index (χ0n) is 11.1. The van der Waals surface area contributed by atoms with Crippen LogP contribution in [0.15, 0.2) is 12.4 Å². The Morgan fingerprint density at radius 1 is 1.39 bits per heavy atom. The van der Waals surface area contributed by atoms with Crippen LogP contribution >= 0.6 is 12.2 Å². The van der Waals surface area contributed by atoms with Crippen LogP contribution < -0.4 is 11.1 Å². The van der Waals surface area contributed by atoms with Gasteiger partial charge in [-0.1, -0.05) is 45.3 Å². The Bertz CT molecular complexity index is 381. The van der Waals surface area contributed by atoms with E-state index < -0.39 is 0 Å². The van der Waals surface area contributed by atoms with E-state index in [-0.39, 0.29) is 4.99 Å². The molecule has 5 heteroatoms. The van der Waals surface area contributed by atoms with Crippen LogP contribution in [0.3, 0.4) is 0 Å². The van der Waals surface area contributed by atoms with Gasteiger partial charge in [0.25, 0.3) is 0 Å². The quantitative estimate of drug-likeness (QED) is 0.708. The number of unbranched alkanes of at least 4 members (excludes halogenated alkanes) is 1. The molecule has 0 saturated heterocycles. The van der Waals surface area contributed by atoms with E-state index in [9.17, 15) is 0 Å². The normalized spacial score (nSPS) is 12.1. The van der Waals surface area contributed by atoms with Gasteiger partial charge < -0.3 is 11.1 Å². The zero-order valence-corrected chi connectivity index (χ0v) is 12.0. The maximum Gasteiger partial charge on any atom is 0.155 e. The number of hydrogen-bond acceptors (Lipinski definition) is 4. The van der Waals surface area contributed by atoms with Crippen molar-refractivity contribution < 1.29 is 0 Å². The molecule has 0 saturated carbocycles. The average molecular weight is 266 g/mol. The van der Waals surface area contributed by atoms with Gasteiger partial charge in [0.05, 0.1) is 0 Å². The summed E-state index contributed by atoms with van der Waals surface area (Å²) in [7, 11) is 0. The lowest BCUT2D eigenvalue weighted by Gasteiger charge is -2.16. The van der Waals surface area contributed by atoms with E-state index in [2.05, 4.69) is 29.1 Å². The van der Waals surface area contributed by atoms with Gasteiger partial charge in [-0.05, 0) is 12.3 Å². The van der Waals surface area contributed by atoms with Gasteiger partial charge in [-0.3, -0.25) is 0 Å². The fourth-order valence-electron chi connectivity index (χ4n) is 1.83. The first-order chi connectivity index (χ1) is 8.69. The highest BCUT2D eigenvalue weighted by molar-refractivity contribution is 7.80. The Balaban J connectivity index is 2.59. The van der Waals surface area contributed by atoms with Crippen molar-refractivity contribution >= 4 is 23.0 Å². The van der Waals surface area contributed by atoms with Crippen LogP contribution in [0.2, 0.25) is 0 Å². The molecule has 0 aliphatic heterocycles. The Morgan fingerprint density at radius 2 is 2.11 bits per heavy atom. The van der Waals surface area contributed by atoms with Crippen molar-refractivity contribution in [1.82, 2.24) is 9.97 Å². The highest BCUT2D eigenvalue weighted by atomic mass is 32.1. The van der Waals surface area contributed by atoms with Crippen LogP contribution in [0.25, 0.3) is 0 Å². The smallest absolute Gasteiger partial charge is 0.155 e. The lowest BCUT2D eigenvalue weighted by Crippen LogP contribution is -2.20. The summed E-state index contributed by atoms with van der Waals surface area (Å²) in [6.45, 7) is 5.33. The Morgan fingerprint density at radius 3 is 2.72 bits per heavy atom. The van der Waals surface area contributed by atoms with Gasteiger partial charge in [-0.15, -0.1) is 0 Å². The number of anilines is 1. The van der Waals surface area contributed by atoms with Crippen molar-refractivity contribution in [3.05, 3.63) is 18.1 Å². The van der Waals surface area contributed by atoms with Crippen LogP contribution in [-0.2, 0) is 0 Å². The molecule has 0 aliphatic carbocycles. The molecular weight excluding hydrogens is 244 g/mol. The lowest BCUT2D eigenvalue weighted by atomic mass is 9.99. The summed E-state index contributed by atoms with van der Waals surface area (Å²) < 4.78 is 0. The second-order valence-electron chi connectivity index (χ2n) is 4.42. The van der Waals surface area contributed by atoms with Crippen LogP contribution in [0.5, 0.6) is 0 Å². The van der Waals surface area contributed by atoms with Crippen molar-refractivity contribution in [2.45, 2.75) is 39.5 Å².